The maximum Gasteiger partial charge on any atom is 0.222 e. The highest BCUT2D eigenvalue weighted by atomic mass is 16.6. The number of aryl methyl sites for hydroxylation is 1. The molecule has 2 aromatic heterocycles. The molecule has 12 heteroatoms. The molecule has 0 bridgehead atoms. The number of oxime groups is 1. The van der Waals surface area contributed by atoms with Crippen molar-refractivity contribution in [3.05, 3.63) is 12.2 Å². The quantitative estimate of drug-likeness (QED) is 0.177. The molecule has 1 saturated heterocycles. The van der Waals surface area contributed by atoms with Gasteiger partial charge in [-0.3, -0.25) is 4.57 Å². The number of hydrogen-bond donors (Lipinski definition) is 3. The fourth-order valence-corrected chi connectivity index (χ4v) is 5.58. The van der Waals surface area contributed by atoms with Gasteiger partial charge in [0.25, 0.3) is 0 Å². The topological polar surface area (TPSA) is 153 Å². The van der Waals surface area contributed by atoms with E-state index in [4.69, 9.17) is 20.0 Å². The first-order valence-corrected chi connectivity index (χ1v) is 12.6. The van der Waals surface area contributed by atoms with Crippen LogP contribution in [0, 0.1) is 5.41 Å². The minimum absolute atomic E-state index is 0.266. The van der Waals surface area contributed by atoms with Gasteiger partial charge in [-0.2, -0.15) is 0 Å². The number of hydrogen-bond acceptors (Lipinski definition) is 11. The molecular formula is C24H39N7O5. The average molecular weight is 506 g/mol. The Morgan fingerprint density at radius 2 is 2.00 bits per heavy atom. The Labute approximate surface area is 211 Å². The summed E-state index contributed by atoms with van der Waals surface area (Å²) in [6, 6.07) is 0. The van der Waals surface area contributed by atoms with Crippen LogP contribution in [0.1, 0.15) is 59.5 Å². The highest BCUT2D eigenvalue weighted by molar-refractivity contribution is 5.82. The highest BCUT2D eigenvalue weighted by Crippen LogP contribution is 2.75. The Morgan fingerprint density at radius 1 is 1.25 bits per heavy atom. The summed E-state index contributed by atoms with van der Waals surface area (Å²) in [6.07, 6.45) is 2.18. The van der Waals surface area contributed by atoms with Crippen LogP contribution in [0.15, 0.2) is 11.5 Å². The fraction of sp³-hybridized carbons (Fsp3) is 0.750. The van der Waals surface area contributed by atoms with Gasteiger partial charge in [0, 0.05) is 25.3 Å². The molecule has 36 heavy (non-hydrogen) atoms. The van der Waals surface area contributed by atoms with E-state index in [1.54, 1.807) is 11.5 Å². The average Bonchev–Trinajstić information content (AvgIpc) is 3.12. The normalized spacial score (nSPS) is 29.1. The lowest BCUT2D eigenvalue weighted by Crippen LogP contribution is -2.42. The van der Waals surface area contributed by atoms with Gasteiger partial charge in [-0.25, -0.2) is 15.0 Å². The van der Waals surface area contributed by atoms with Crippen molar-refractivity contribution in [1.82, 2.24) is 24.4 Å². The number of rotatable bonds is 11. The number of nitrogens with zero attached hydrogens (tertiary/aromatic N) is 6. The molecule has 0 amide bonds. The number of unbranched alkanes of at least 4 members (excludes halogenated alkanes) is 1. The molecule has 0 radical (unpaired) electrons. The minimum Gasteiger partial charge on any atom is -0.479 e. The number of imidazole rings is 1. The van der Waals surface area contributed by atoms with E-state index < -0.39 is 28.9 Å². The summed E-state index contributed by atoms with van der Waals surface area (Å²) in [5.74, 6) is 1.45. The van der Waals surface area contributed by atoms with Gasteiger partial charge in [-0.15, -0.1) is 0 Å². The molecule has 0 unspecified atom stereocenters. The maximum absolute atomic E-state index is 11.8. The summed E-state index contributed by atoms with van der Waals surface area (Å²) in [4.78, 5) is 20.4. The molecule has 1 aliphatic heterocycles. The largest absolute Gasteiger partial charge is 0.479 e. The van der Waals surface area contributed by atoms with Gasteiger partial charge in [0.05, 0.1) is 6.61 Å². The maximum atomic E-state index is 11.8. The number of aliphatic hydroxyl groups is 2. The number of anilines is 1. The number of fused-ring (bicyclic) bond motifs is 2. The molecule has 4 rings (SSSR count). The second-order valence-electron chi connectivity index (χ2n) is 10.2. The van der Waals surface area contributed by atoms with E-state index in [9.17, 15) is 10.2 Å². The molecule has 0 aromatic carbocycles. The van der Waals surface area contributed by atoms with Crippen molar-refractivity contribution in [2.75, 3.05) is 39.1 Å². The van der Waals surface area contributed by atoms with Crippen molar-refractivity contribution >= 4 is 22.9 Å². The van der Waals surface area contributed by atoms with Crippen molar-refractivity contribution in [1.29, 1.82) is 0 Å². The van der Waals surface area contributed by atoms with Crippen LogP contribution in [-0.2, 0) is 20.7 Å². The Balaban J connectivity index is 1.45. The van der Waals surface area contributed by atoms with Crippen LogP contribution in [-0.4, -0.2) is 91.2 Å². The van der Waals surface area contributed by atoms with Crippen LogP contribution in [0.3, 0.4) is 0 Å². The molecule has 2 aromatic rings. The summed E-state index contributed by atoms with van der Waals surface area (Å²) < 4.78 is 13.4. The lowest BCUT2D eigenvalue weighted by Gasteiger charge is -2.30. The fourth-order valence-electron chi connectivity index (χ4n) is 5.58. The lowest BCUT2D eigenvalue weighted by atomic mass is 10.0. The summed E-state index contributed by atoms with van der Waals surface area (Å²) in [5, 5.41) is 27.5. The van der Waals surface area contributed by atoms with E-state index in [1.807, 2.05) is 34.7 Å². The first kappa shape index (κ1) is 26.5. The number of likely N-dealkylation sites (N-methyl/N-ethyl adjacent to an activating group) is 1. The molecule has 2 aliphatic rings. The second kappa shape index (κ2) is 9.73. The van der Waals surface area contributed by atoms with Crippen molar-refractivity contribution in [3.8, 4) is 0 Å². The second-order valence-corrected chi connectivity index (χ2v) is 10.2. The Bertz CT molecular complexity index is 1120. The van der Waals surface area contributed by atoms with E-state index in [0.29, 0.717) is 49.1 Å². The van der Waals surface area contributed by atoms with Gasteiger partial charge in [-0.1, -0.05) is 25.9 Å². The van der Waals surface area contributed by atoms with E-state index in [2.05, 4.69) is 25.0 Å². The summed E-state index contributed by atoms with van der Waals surface area (Å²) >= 11 is 0. The predicted molar refractivity (Wildman–Crippen MR) is 134 cm³/mol. The van der Waals surface area contributed by atoms with E-state index in [1.165, 1.54) is 6.33 Å². The Morgan fingerprint density at radius 3 is 2.69 bits per heavy atom. The van der Waals surface area contributed by atoms with E-state index in [-0.39, 0.29) is 5.82 Å². The van der Waals surface area contributed by atoms with Crippen LogP contribution >= 0.6 is 0 Å². The van der Waals surface area contributed by atoms with Gasteiger partial charge < -0.3 is 35.2 Å². The molecule has 0 spiro atoms. The molecule has 200 valence electrons. The van der Waals surface area contributed by atoms with Gasteiger partial charge >= 0.3 is 0 Å². The lowest BCUT2D eigenvalue weighted by molar-refractivity contribution is -0.117. The number of nitrogen functional groups attached to an aromatic ring is 1. The van der Waals surface area contributed by atoms with E-state index in [0.717, 1.165) is 19.4 Å². The summed E-state index contributed by atoms with van der Waals surface area (Å²) in [6.45, 7) is 11.6. The third-order valence-electron chi connectivity index (χ3n) is 7.72. The molecule has 1 saturated carbocycles. The van der Waals surface area contributed by atoms with Crippen molar-refractivity contribution < 1.29 is 24.5 Å². The van der Waals surface area contributed by atoms with Crippen molar-refractivity contribution in [3.63, 3.8) is 0 Å². The van der Waals surface area contributed by atoms with Gasteiger partial charge in [0.1, 0.15) is 36.1 Å². The smallest absolute Gasteiger partial charge is 0.222 e. The monoisotopic (exact) mass is 505 g/mol. The third-order valence-corrected chi connectivity index (χ3v) is 7.72. The standard InChI is InChI=1S/C24H39N7O5/c1-7-17-28-18-19(25)26-14-27-20(18)31(17)21-24(33)22(4,5)23(24,32)16(36-21)13-30(6)11-9-10-12-35-29-15(3)34-8-2/h14,16,21,32-33H,7-13H2,1-6H3,(H2,25,26,27)/t16-,21-,23+,24-/m1/s1. The summed E-state index contributed by atoms with van der Waals surface area (Å²) in [7, 11) is 1.98. The molecule has 1 aliphatic carbocycles. The van der Waals surface area contributed by atoms with Crippen LogP contribution < -0.4 is 5.73 Å². The van der Waals surface area contributed by atoms with Crippen molar-refractivity contribution in [2.45, 2.75) is 77.4 Å². The minimum atomic E-state index is -1.51. The van der Waals surface area contributed by atoms with Crippen LogP contribution in [0.4, 0.5) is 5.82 Å². The molecule has 2 fully saturated rings. The first-order valence-electron chi connectivity index (χ1n) is 12.6. The zero-order valence-electron chi connectivity index (χ0n) is 22.1. The Kier molecular flexibility index (Phi) is 7.17. The van der Waals surface area contributed by atoms with Crippen LogP contribution in [0.5, 0.6) is 0 Å². The predicted octanol–water partition coefficient (Wildman–Crippen LogP) is 1.47. The van der Waals surface area contributed by atoms with Gasteiger partial charge in [0.2, 0.25) is 5.90 Å². The number of ether oxygens (including phenoxy) is 2. The van der Waals surface area contributed by atoms with Gasteiger partial charge in [0.15, 0.2) is 23.2 Å². The zero-order chi connectivity index (χ0) is 26.3. The molecule has 12 nitrogen and oxygen atoms in total. The first-order chi connectivity index (χ1) is 17.0. The number of nitrogens with two attached hydrogens (primary N) is 1. The van der Waals surface area contributed by atoms with E-state index >= 15 is 0 Å². The molecule has 3 heterocycles. The van der Waals surface area contributed by atoms with Crippen LogP contribution in [0.2, 0.25) is 0 Å². The highest BCUT2D eigenvalue weighted by Gasteiger charge is 2.92. The summed E-state index contributed by atoms with van der Waals surface area (Å²) in [5.41, 5.74) is 3.27. The van der Waals surface area contributed by atoms with Gasteiger partial charge in [-0.05, 0) is 33.4 Å². The zero-order valence-corrected chi connectivity index (χ0v) is 22.1. The molecular weight excluding hydrogens is 466 g/mol. The third kappa shape index (κ3) is 3.90. The molecule has 4 N–H and O–H groups in total. The Hall–Kier alpha value is -2.54. The van der Waals surface area contributed by atoms with Crippen LogP contribution in [0.25, 0.3) is 11.2 Å². The van der Waals surface area contributed by atoms with Crippen molar-refractivity contribution in [2.24, 2.45) is 10.6 Å². The number of aromatic nitrogens is 4. The molecule has 4 atom stereocenters. The SMILES string of the molecule is CCOC(C)=NOCCCCN(C)C[C@H]1O[C@@H](n2c(CC)nc3c(N)ncnc32)[C@@]2(O)C(C)(C)[C@@]12O.